The number of methoxy groups -OCH3 is 1. The van der Waals surface area contributed by atoms with Crippen LogP contribution >= 0.6 is 0 Å². The van der Waals surface area contributed by atoms with Crippen molar-refractivity contribution in [1.29, 1.82) is 0 Å². The first kappa shape index (κ1) is 19.1. The molecule has 2 aliphatic heterocycles. The Labute approximate surface area is 164 Å². The maximum absolute atomic E-state index is 13.1. The van der Waals surface area contributed by atoms with Crippen LogP contribution in [0.1, 0.15) is 40.9 Å². The van der Waals surface area contributed by atoms with Crippen molar-refractivity contribution in [1.82, 2.24) is 5.32 Å². The number of ether oxygens (including phenoxy) is 2. The number of hydrogen-bond acceptors (Lipinski definition) is 4. The molecule has 2 bridgehead atoms. The molecule has 29 heavy (non-hydrogen) atoms. The fourth-order valence-electron chi connectivity index (χ4n) is 3.83. The van der Waals surface area contributed by atoms with Gasteiger partial charge in [-0.25, -0.2) is 9.59 Å². The number of carbonyl (C=O) groups excluding carboxylic acids is 2. The Bertz CT molecular complexity index is 1010. The SMILES string of the molecule is COC(=O)c1ccc2c(c1)[C@H]1C[C@](C)(O2)N(c2cccc(C(F)(F)F)c2)C(=O)N1. The summed E-state index contributed by atoms with van der Waals surface area (Å²) in [6, 6.07) is 8.22. The molecule has 2 aromatic carbocycles. The van der Waals surface area contributed by atoms with Gasteiger partial charge in [-0.05, 0) is 43.3 Å². The second-order valence-electron chi connectivity index (χ2n) is 7.11. The Morgan fingerprint density at radius 2 is 2.03 bits per heavy atom. The molecule has 4 rings (SSSR count). The third-order valence-corrected chi connectivity index (χ3v) is 5.12. The molecule has 152 valence electrons. The van der Waals surface area contributed by atoms with Crippen molar-refractivity contribution in [3.05, 3.63) is 59.2 Å². The molecule has 1 saturated heterocycles. The first-order valence-corrected chi connectivity index (χ1v) is 8.82. The van der Waals surface area contributed by atoms with Crippen LogP contribution in [0.3, 0.4) is 0 Å². The van der Waals surface area contributed by atoms with Gasteiger partial charge in [-0.1, -0.05) is 6.07 Å². The number of nitrogens with zero attached hydrogens (tertiary/aromatic N) is 1. The monoisotopic (exact) mass is 406 g/mol. The Hall–Kier alpha value is -3.23. The fraction of sp³-hybridized carbons (Fsp3) is 0.300. The van der Waals surface area contributed by atoms with Crippen LogP contribution in [0.5, 0.6) is 5.75 Å². The van der Waals surface area contributed by atoms with Crippen LogP contribution in [-0.4, -0.2) is 24.8 Å². The number of rotatable bonds is 2. The van der Waals surface area contributed by atoms with Crippen molar-refractivity contribution in [2.75, 3.05) is 12.0 Å². The summed E-state index contributed by atoms with van der Waals surface area (Å²) < 4.78 is 50.1. The third-order valence-electron chi connectivity index (χ3n) is 5.12. The van der Waals surface area contributed by atoms with Crippen molar-refractivity contribution < 1.29 is 32.2 Å². The Morgan fingerprint density at radius 3 is 2.72 bits per heavy atom. The van der Waals surface area contributed by atoms with Crippen LogP contribution in [0, 0.1) is 0 Å². The zero-order valence-corrected chi connectivity index (χ0v) is 15.5. The molecule has 1 fully saturated rings. The molecule has 1 N–H and O–H groups in total. The number of hydrogen-bond donors (Lipinski definition) is 1. The van der Waals surface area contributed by atoms with Crippen molar-refractivity contribution in [2.24, 2.45) is 0 Å². The summed E-state index contributed by atoms with van der Waals surface area (Å²) in [7, 11) is 1.27. The third kappa shape index (κ3) is 3.16. The number of carbonyl (C=O) groups is 2. The maximum Gasteiger partial charge on any atom is 0.416 e. The lowest BCUT2D eigenvalue weighted by Gasteiger charge is -2.50. The molecule has 2 amide bonds. The lowest BCUT2D eigenvalue weighted by Crippen LogP contribution is -2.65. The van der Waals surface area contributed by atoms with Crippen molar-refractivity contribution in [3.63, 3.8) is 0 Å². The quantitative estimate of drug-likeness (QED) is 0.757. The number of halogens is 3. The Kier molecular flexibility index (Phi) is 4.21. The Balaban J connectivity index is 1.74. The molecule has 0 saturated carbocycles. The lowest BCUT2D eigenvalue weighted by atomic mass is 9.89. The van der Waals surface area contributed by atoms with Gasteiger partial charge in [-0.2, -0.15) is 13.2 Å². The van der Waals surface area contributed by atoms with E-state index in [1.54, 1.807) is 19.1 Å². The summed E-state index contributed by atoms with van der Waals surface area (Å²) in [5, 5.41) is 2.79. The van der Waals surface area contributed by atoms with Gasteiger partial charge >= 0.3 is 18.2 Å². The topological polar surface area (TPSA) is 67.9 Å². The highest BCUT2D eigenvalue weighted by molar-refractivity contribution is 5.95. The minimum absolute atomic E-state index is 0.0768. The molecule has 2 aliphatic rings. The Morgan fingerprint density at radius 1 is 1.28 bits per heavy atom. The number of esters is 1. The highest BCUT2D eigenvalue weighted by atomic mass is 19.4. The van der Waals surface area contributed by atoms with Crippen molar-refractivity contribution >= 4 is 17.7 Å². The average Bonchev–Trinajstić information content (AvgIpc) is 2.66. The van der Waals surface area contributed by atoms with Gasteiger partial charge < -0.3 is 14.8 Å². The fourth-order valence-corrected chi connectivity index (χ4v) is 3.83. The molecule has 0 aliphatic carbocycles. The molecule has 9 heteroatoms. The van der Waals surface area contributed by atoms with Crippen LogP contribution in [-0.2, 0) is 10.9 Å². The summed E-state index contributed by atoms with van der Waals surface area (Å²) in [6.07, 6.45) is -4.25. The highest BCUT2D eigenvalue weighted by Crippen LogP contribution is 2.46. The van der Waals surface area contributed by atoms with Gasteiger partial charge in [-0.15, -0.1) is 0 Å². The van der Waals surface area contributed by atoms with Crippen LogP contribution in [0.15, 0.2) is 42.5 Å². The van der Waals surface area contributed by atoms with E-state index in [0.29, 0.717) is 16.9 Å². The van der Waals surface area contributed by atoms with E-state index in [2.05, 4.69) is 5.32 Å². The van der Waals surface area contributed by atoms with Gasteiger partial charge in [0.1, 0.15) is 5.75 Å². The largest absolute Gasteiger partial charge is 0.467 e. The van der Waals surface area contributed by atoms with Gasteiger partial charge in [0.15, 0.2) is 5.72 Å². The summed E-state index contributed by atoms with van der Waals surface area (Å²) in [4.78, 5) is 25.8. The zero-order chi connectivity index (χ0) is 21.0. The van der Waals surface area contributed by atoms with Crippen LogP contribution in [0.2, 0.25) is 0 Å². The van der Waals surface area contributed by atoms with E-state index in [9.17, 15) is 22.8 Å². The molecular weight excluding hydrogens is 389 g/mol. The second-order valence-corrected chi connectivity index (χ2v) is 7.11. The second kappa shape index (κ2) is 6.40. The van der Waals surface area contributed by atoms with Crippen molar-refractivity contribution in [2.45, 2.75) is 31.3 Å². The first-order chi connectivity index (χ1) is 13.6. The van der Waals surface area contributed by atoms with Gasteiger partial charge in [0.25, 0.3) is 0 Å². The summed E-state index contributed by atoms with van der Waals surface area (Å²) in [5.74, 6) is -0.0813. The van der Waals surface area contributed by atoms with E-state index in [-0.39, 0.29) is 12.1 Å². The molecular formula is C20H17F3N2O4. The number of fused-ring (bicyclic) bond motifs is 4. The van der Waals surface area contributed by atoms with Crippen molar-refractivity contribution in [3.8, 4) is 5.75 Å². The summed E-state index contributed by atoms with van der Waals surface area (Å²) in [5.41, 5.74) is -1.05. The van der Waals surface area contributed by atoms with Crippen LogP contribution < -0.4 is 15.0 Å². The number of nitrogens with one attached hydrogen (secondary N) is 1. The predicted octanol–water partition coefficient (Wildman–Crippen LogP) is 4.26. The van der Waals surface area contributed by atoms with Gasteiger partial charge in [0.2, 0.25) is 0 Å². The van der Waals surface area contributed by atoms with Crippen LogP contribution in [0.25, 0.3) is 0 Å². The summed E-state index contributed by atoms with van der Waals surface area (Å²) >= 11 is 0. The lowest BCUT2D eigenvalue weighted by molar-refractivity contribution is -0.137. The standard InChI is InChI=1S/C20H17F3N2O4/c1-19-10-15(14-8-11(17(26)28-2)6-7-16(14)29-19)24-18(27)25(19)13-5-3-4-12(9-13)20(21,22)23/h3-9,15H,10H2,1-2H3,(H,24,27)/t15-,19+/m1/s1. The number of amides is 2. The summed E-state index contributed by atoms with van der Waals surface area (Å²) in [6.45, 7) is 1.65. The minimum atomic E-state index is -4.53. The van der Waals surface area contributed by atoms with E-state index in [1.807, 2.05) is 0 Å². The van der Waals surface area contributed by atoms with E-state index in [0.717, 1.165) is 12.1 Å². The molecule has 6 nitrogen and oxygen atoms in total. The molecule has 2 atom stereocenters. The number of anilines is 1. The van der Waals surface area contributed by atoms with E-state index < -0.39 is 35.5 Å². The van der Waals surface area contributed by atoms with Gasteiger partial charge in [0, 0.05) is 12.0 Å². The highest BCUT2D eigenvalue weighted by Gasteiger charge is 2.50. The number of urea groups is 1. The number of benzene rings is 2. The molecule has 0 unspecified atom stereocenters. The first-order valence-electron chi connectivity index (χ1n) is 8.82. The molecule has 0 spiro atoms. The molecule has 2 heterocycles. The van der Waals surface area contributed by atoms with Gasteiger partial charge in [0.05, 0.1) is 30.0 Å². The van der Waals surface area contributed by atoms with E-state index in [1.165, 1.54) is 30.2 Å². The normalized spacial score (nSPS) is 23.0. The molecule has 2 aromatic rings. The zero-order valence-electron chi connectivity index (χ0n) is 15.5. The van der Waals surface area contributed by atoms with E-state index in [4.69, 9.17) is 9.47 Å². The predicted molar refractivity (Wildman–Crippen MR) is 96.6 cm³/mol. The maximum atomic E-state index is 13.1. The smallest absolute Gasteiger partial charge is 0.416 e. The average molecular weight is 406 g/mol. The molecule has 0 radical (unpaired) electrons. The minimum Gasteiger partial charge on any atom is -0.467 e. The molecule has 0 aromatic heterocycles. The van der Waals surface area contributed by atoms with Crippen LogP contribution in [0.4, 0.5) is 23.7 Å². The van der Waals surface area contributed by atoms with E-state index >= 15 is 0 Å². The number of alkyl halides is 3. The van der Waals surface area contributed by atoms with Gasteiger partial charge in [-0.3, -0.25) is 4.90 Å².